The molecule has 0 aliphatic heterocycles. The first-order valence-electron chi connectivity index (χ1n) is 4.50. The highest BCUT2D eigenvalue weighted by atomic mass is 32.2. The van der Waals surface area contributed by atoms with E-state index in [0.29, 0.717) is 6.42 Å². The normalized spacial score (nSPS) is 14.9. The fourth-order valence-electron chi connectivity index (χ4n) is 0.725. The Morgan fingerprint density at radius 2 is 1.71 bits per heavy atom. The average molecular weight is 239 g/mol. The molecule has 0 saturated carbocycles. The molecule has 2 atom stereocenters. The SMILES string of the molecule is CCCC(=O)N(SC(C)O)SC(C)O. The van der Waals surface area contributed by atoms with E-state index in [9.17, 15) is 4.79 Å². The molecule has 0 aromatic carbocycles. The van der Waals surface area contributed by atoms with Crippen molar-refractivity contribution < 1.29 is 15.0 Å². The zero-order valence-electron chi connectivity index (χ0n) is 8.64. The van der Waals surface area contributed by atoms with Gasteiger partial charge in [-0.3, -0.25) is 4.79 Å². The van der Waals surface area contributed by atoms with Gasteiger partial charge in [0, 0.05) is 6.42 Å². The van der Waals surface area contributed by atoms with Gasteiger partial charge in [0.05, 0.1) is 0 Å². The third-order valence-electron chi connectivity index (χ3n) is 1.16. The highest BCUT2D eigenvalue weighted by Gasteiger charge is 2.18. The van der Waals surface area contributed by atoms with Crippen LogP contribution in [-0.4, -0.2) is 30.7 Å². The number of carbonyl (C=O) groups is 1. The molecule has 0 radical (unpaired) electrons. The van der Waals surface area contributed by atoms with Gasteiger partial charge in [-0.25, -0.2) is 3.71 Å². The summed E-state index contributed by atoms with van der Waals surface area (Å²) in [5.74, 6) is -0.0794. The van der Waals surface area contributed by atoms with E-state index in [1.807, 2.05) is 6.92 Å². The molecule has 0 aliphatic carbocycles. The number of rotatable bonds is 6. The second kappa shape index (κ2) is 7.39. The number of aliphatic hydroxyl groups excluding tert-OH is 2. The Balaban J connectivity index is 4.15. The lowest BCUT2D eigenvalue weighted by Gasteiger charge is -2.21. The number of hydrogen-bond acceptors (Lipinski definition) is 5. The predicted octanol–water partition coefficient (Wildman–Crippen LogP) is 1.59. The van der Waals surface area contributed by atoms with Crippen LogP contribution in [0, 0.1) is 0 Å². The van der Waals surface area contributed by atoms with Gasteiger partial charge in [0.25, 0.3) is 0 Å². The highest BCUT2D eigenvalue weighted by Crippen LogP contribution is 2.28. The maximum Gasteiger partial charge on any atom is 0.242 e. The molecule has 0 spiro atoms. The van der Waals surface area contributed by atoms with Crippen LogP contribution < -0.4 is 0 Å². The number of hydrogen-bond donors (Lipinski definition) is 2. The summed E-state index contributed by atoms with van der Waals surface area (Å²) in [6.45, 7) is 5.08. The summed E-state index contributed by atoms with van der Waals surface area (Å²) in [4.78, 5) is 11.5. The molecule has 0 aromatic heterocycles. The van der Waals surface area contributed by atoms with Crippen molar-refractivity contribution in [3.05, 3.63) is 0 Å². The number of aliphatic hydroxyl groups is 2. The molecule has 6 heteroatoms. The van der Waals surface area contributed by atoms with Gasteiger partial charge in [0.1, 0.15) is 10.9 Å². The molecule has 0 fully saturated rings. The van der Waals surface area contributed by atoms with Crippen LogP contribution in [0.3, 0.4) is 0 Å². The van der Waals surface area contributed by atoms with Gasteiger partial charge >= 0.3 is 0 Å². The van der Waals surface area contributed by atoms with Crippen molar-refractivity contribution >= 4 is 29.8 Å². The minimum absolute atomic E-state index is 0.0794. The fraction of sp³-hybridized carbons (Fsp3) is 0.875. The van der Waals surface area contributed by atoms with Crippen molar-refractivity contribution in [2.45, 2.75) is 44.5 Å². The van der Waals surface area contributed by atoms with Gasteiger partial charge in [-0.15, -0.1) is 0 Å². The van der Waals surface area contributed by atoms with Crippen LogP contribution in [0.2, 0.25) is 0 Å². The van der Waals surface area contributed by atoms with E-state index in [-0.39, 0.29) is 5.91 Å². The molecule has 0 aliphatic rings. The van der Waals surface area contributed by atoms with E-state index in [4.69, 9.17) is 10.2 Å². The molecule has 14 heavy (non-hydrogen) atoms. The molecule has 0 aromatic rings. The Bertz CT molecular complexity index is 166. The molecule has 4 nitrogen and oxygen atoms in total. The fourth-order valence-corrected chi connectivity index (χ4v) is 2.64. The van der Waals surface area contributed by atoms with E-state index in [2.05, 4.69) is 0 Å². The van der Waals surface area contributed by atoms with Crippen LogP contribution in [0.4, 0.5) is 0 Å². The molecule has 84 valence electrons. The summed E-state index contributed by atoms with van der Waals surface area (Å²) in [6.07, 6.45) is 1.19. The van der Waals surface area contributed by atoms with Crippen LogP contribution in [0.1, 0.15) is 33.6 Å². The maximum absolute atomic E-state index is 11.5. The smallest absolute Gasteiger partial charge is 0.242 e. The topological polar surface area (TPSA) is 60.8 Å². The lowest BCUT2D eigenvalue weighted by atomic mass is 10.3. The quantitative estimate of drug-likeness (QED) is 0.544. The first-order chi connectivity index (χ1) is 6.47. The lowest BCUT2D eigenvalue weighted by molar-refractivity contribution is -0.122. The molecule has 1 amide bonds. The molecular weight excluding hydrogens is 222 g/mol. The zero-order chi connectivity index (χ0) is 11.1. The van der Waals surface area contributed by atoms with Crippen LogP contribution in [-0.2, 0) is 4.79 Å². The Morgan fingerprint density at radius 1 is 1.29 bits per heavy atom. The minimum atomic E-state index is -0.651. The number of carbonyl (C=O) groups excluding carboxylic acids is 1. The van der Waals surface area contributed by atoms with Crippen molar-refractivity contribution in [3.8, 4) is 0 Å². The van der Waals surface area contributed by atoms with Gasteiger partial charge in [-0.2, -0.15) is 0 Å². The van der Waals surface area contributed by atoms with E-state index >= 15 is 0 Å². The molecule has 2 unspecified atom stereocenters. The van der Waals surface area contributed by atoms with Crippen molar-refractivity contribution in [2.24, 2.45) is 0 Å². The van der Waals surface area contributed by atoms with E-state index < -0.39 is 10.9 Å². The van der Waals surface area contributed by atoms with Gasteiger partial charge in [-0.1, -0.05) is 6.92 Å². The van der Waals surface area contributed by atoms with Crippen molar-refractivity contribution in [2.75, 3.05) is 0 Å². The maximum atomic E-state index is 11.5. The number of amides is 1. The summed E-state index contributed by atoms with van der Waals surface area (Å²) in [5, 5.41) is 18.3. The minimum Gasteiger partial charge on any atom is -0.381 e. The van der Waals surface area contributed by atoms with Crippen molar-refractivity contribution in [1.82, 2.24) is 3.71 Å². The van der Waals surface area contributed by atoms with Crippen LogP contribution >= 0.6 is 23.9 Å². The van der Waals surface area contributed by atoms with Crippen LogP contribution in [0.15, 0.2) is 0 Å². The molecule has 0 rings (SSSR count). The second-order valence-electron chi connectivity index (χ2n) is 2.81. The van der Waals surface area contributed by atoms with E-state index in [0.717, 1.165) is 30.3 Å². The Kier molecular flexibility index (Phi) is 7.44. The van der Waals surface area contributed by atoms with Gasteiger partial charge in [-0.05, 0) is 44.2 Å². The highest BCUT2D eigenvalue weighted by molar-refractivity contribution is 8.13. The van der Waals surface area contributed by atoms with E-state index in [1.54, 1.807) is 13.8 Å². The third kappa shape index (κ3) is 6.53. The van der Waals surface area contributed by atoms with Crippen molar-refractivity contribution in [3.63, 3.8) is 0 Å². The molecule has 0 saturated heterocycles. The summed E-state index contributed by atoms with van der Waals surface area (Å²) < 4.78 is 1.35. The lowest BCUT2D eigenvalue weighted by Crippen LogP contribution is -2.22. The molecular formula is C8H17NO3S2. The van der Waals surface area contributed by atoms with Gasteiger partial charge in [0.15, 0.2) is 0 Å². The summed E-state index contributed by atoms with van der Waals surface area (Å²) in [7, 11) is 0. The Hall–Kier alpha value is 0.0900. The Morgan fingerprint density at radius 3 is 2.00 bits per heavy atom. The van der Waals surface area contributed by atoms with E-state index in [1.165, 1.54) is 3.71 Å². The zero-order valence-corrected chi connectivity index (χ0v) is 10.3. The van der Waals surface area contributed by atoms with Crippen LogP contribution in [0.25, 0.3) is 0 Å². The summed E-state index contributed by atoms with van der Waals surface area (Å²) in [6, 6.07) is 0. The van der Waals surface area contributed by atoms with Crippen molar-refractivity contribution in [1.29, 1.82) is 0 Å². The summed E-state index contributed by atoms with van der Waals surface area (Å²) in [5.41, 5.74) is -1.30. The first kappa shape index (κ1) is 14.1. The average Bonchev–Trinajstić information content (AvgIpc) is 2.01. The Labute approximate surface area is 93.3 Å². The number of nitrogens with zero attached hydrogens (tertiary/aromatic N) is 1. The predicted molar refractivity (Wildman–Crippen MR) is 60.3 cm³/mol. The summed E-state index contributed by atoms with van der Waals surface area (Å²) >= 11 is 2.04. The van der Waals surface area contributed by atoms with Crippen LogP contribution in [0.5, 0.6) is 0 Å². The first-order valence-corrected chi connectivity index (χ1v) is 6.17. The monoisotopic (exact) mass is 239 g/mol. The molecule has 2 N–H and O–H groups in total. The van der Waals surface area contributed by atoms with Gasteiger partial charge in [0.2, 0.25) is 5.91 Å². The van der Waals surface area contributed by atoms with Gasteiger partial charge < -0.3 is 10.2 Å². The third-order valence-corrected chi connectivity index (χ3v) is 3.08. The molecule has 0 heterocycles. The molecule has 0 bridgehead atoms. The standard InChI is InChI=1S/C8H17NO3S2/c1-4-5-8(12)9(13-6(2)10)14-7(3)11/h6-7,10-11H,4-5H2,1-3H3. The largest absolute Gasteiger partial charge is 0.381 e. The second-order valence-corrected chi connectivity index (χ2v) is 5.56.